The molecule has 0 bridgehead atoms. The minimum Gasteiger partial charge on any atom is -0.261 e. The zero-order chi connectivity index (χ0) is 15.9. The molecule has 0 fully saturated rings. The van der Waals surface area contributed by atoms with Crippen LogP contribution >= 0.6 is 0 Å². The molecule has 2 heteroatoms. The predicted octanol–water partition coefficient (Wildman–Crippen LogP) is 3.19. The van der Waals surface area contributed by atoms with Gasteiger partial charge < -0.3 is 0 Å². The quantitative estimate of drug-likeness (QED) is 0.690. The Labute approximate surface area is 141 Å². The maximum absolute atomic E-state index is 4.56. The highest BCUT2D eigenvalue weighted by atomic mass is 14.8. The summed E-state index contributed by atoms with van der Waals surface area (Å²) in [6, 6.07) is 13.4. The van der Waals surface area contributed by atoms with Crippen molar-refractivity contribution in [3.8, 4) is 11.1 Å². The maximum atomic E-state index is 4.56. The fraction of sp³-hybridized carbons (Fsp3) is 0.182. The van der Waals surface area contributed by atoms with Gasteiger partial charge in [0.1, 0.15) is 0 Å². The Morgan fingerprint density at radius 3 is 2.75 bits per heavy atom. The highest BCUT2D eigenvalue weighted by Crippen LogP contribution is 2.30. The van der Waals surface area contributed by atoms with E-state index in [1.54, 1.807) is 12.4 Å². The summed E-state index contributed by atoms with van der Waals surface area (Å²) in [6.45, 7) is 0. The SMILES string of the molecule is C1=c2c(ccc3c2=CCCC3c2cnccn2)-c2ccccc2C1. The number of benzene rings is 2. The zero-order valence-corrected chi connectivity index (χ0v) is 13.4. The molecule has 0 saturated carbocycles. The second-order valence-electron chi connectivity index (χ2n) is 6.56. The molecule has 0 saturated heterocycles. The molecule has 0 radical (unpaired) electrons. The summed E-state index contributed by atoms with van der Waals surface area (Å²) in [5, 5.41) is 2.81. The number of hydrogen-bond donors (Lipinski definition) is 0. The summed E-state index contributed by atoms with van der Waals surface area (Å²) in [6.07, 6.45) is 13.5. The van der Waals surface area contributed by atoms with E-state index in [9.17, 15) is 0 Å². The fourth-order valence-electron chi connectivity index (χ4n) is 4.16. The maximum Gasteiger partial charge on any atom is 0.0661 e. The van der Waals surface area contributed by atoms with Crippen molar-refractivity contribution in [1.82, 2.24) is 9.97 Å². The molecule has 1 atom stereocenters. The smallest absolute Gasteiger partial charge is 0.0661 e. The summed E-state index contributed by atoms with van der Waals surface area (Å²) < 4.78 is 0. The molecule has 0 amide bonds. The van der Waals surface area contributed by atoms with Crippen molar-refractivity contribution in [2.45, 2.75) is 25.2 Å². The fourth-order valence-corrected chi connectivity index (χ4v) is 4.16. The topological polar surface area (TPSA) is 25.8 Å². The molecular formula is C22H18N2. The van der Waals surface area contributed by atoms with Crippen molar-refractivity contribution in [1.29, 1.82) is 0 Å². The number of aromatic nitrogens is 2. The van der Waals surface area contributed by atoms with Gasteiger partial charge in [-0.25, -0.2) is 0 Å². The molecule has 5 rings (SSSR count). The minimum absolute atomic E-state index is 0.356. The lowest BCUT2D eigenvalue weighted by Gasteiger charge is -2.23. The molecule has 1 aromatic heterocycles. The van der Waals surface area contributed by atoms with Crippen LogP contribution in [-0.2, 0) is 6.42 Å². The molecule has 2 nitrogen and oxygen atoms in total. The van der Waals surface area contributed by atoms with Crippen molar-refractivity contribution in [2.75, 3.05) is 0 Å². The number of fused-ring (bicyclic) bond motifs is 5. The molecular weight excluding hydrogens is 292 g/mol. The van der Waals surface area contributed by atoms with Crippen LogP contribution in [0.5, 0.6) is 0 Å². The average Bonchev–Trinajstić information content (AvgIpc) is 2.67. The van der Waals surface area contributed by atoms with Crippen LogP contribution in [0, 0.1) is 0 Å². The van der Waals surface area contributed by atoms with Crippen molar-refractivity contribution in [3.05, 3.63) is 82.2 Å². The van der Waals surface area contributed by atoms with E-state index in [1.807, 2.05) is 6.20 Å². The first-order valence-electron chi connectivity index (χ1n) is 8.59. The van der Waals surface area contributed by atoms with Crippen molar-refractivity contribution >= 4 is 12.2 Å². The van der Waals surface area contributed by atoms with Crippen LogP contribution in [0.2, 0.25) is 0 Å². The molecule has 2 aliphatic carbocycles. The zero-order valence-electron chi connectivity index (χ0n) is 13.4. The van der Waals surface area contributed by atoms with Gasteiger partial charge in [0.05, 0.1) is 5.69 Å². The van der Waals surface area contributed by atoms with Gasteiger partial charge in [-0.2, -0.15) is 0 Å². The predicted molar refractivity (Wildman–Crippen MR) is 96.9 cm³/mol. The summed E-state index contributed by atoms with van der Waals surface area (Å²) in [5.41, 5.74) is 6.66. The van der Waals surface area contributed by atoms with E-state index < -0.39 is 0 Å². The van der Waals surface area contributed by atoms with Gasteiger partial charge in [0, 0.05) is 24.5 Å². The summed E-state index contributed by atoms with van der Waals surface area (Å²) >= 11 is 0. The average molecular weight is 310 g/mol. The third-order valence-corrected chi connectivity index (χ3v) is 5.27. The molecule has 3 aromatic rings. The number of hydrogen-bond acceptors (Lipinski definition) is 2. The van der Waals surface area contributed by atoms with Gasteiger partial charge in [-0.3, -0.25) is 9.97 Å². The molecule has 0 aliphatic heterocycles. The first-order chi connectivity index (χ1) is 11.9. The highest BCUT2D eigenvalue weighted by molar-refractivity contribution is 5.74. The van der Waals surface area contributed by atoms with Crippen LogP contribution in [0.1, 0.15) is 35.6 Å². The third-order valence-electron chi connectivity index (χ3n) is 5.27. The summed E-state index contributed by atoms with van der Waals surface area (Å²) in [7, 11) is 0. The molecule has 24 heavy (non-hydrogen) atoms. The van der Waals surface area contributed by atoms with Gasteiger partial charge in [0.15, 0.2) is 0 Å². The molecule has 1 unspecified atom stereocenters. The van der Waals surface area contributed by atoms with Crippen LogP contribution < -0.4 is 10.4 Å². The molecule has 0 spiro atoms. The molecule has 2 aromatic carbocycles. The molecule has 0 N–H and O–H groups in total. The Balaban J connectivity index is 1.74. The van der Waals surface area contributed by atoms with E-state index in [-0.39, 0.29) is 0 Å². The molecule has 1 heterocycles. The second-order valence-corrected chi connectivity index (χ2v) is 6.56. The molecule has 116 valence electrons. The van der Waals surface area contributed by atoms with Gasteiger partial charge in [0.25, 0.3) is 0 Å². The normalized spacial score (nSPS) is 17.8. The van der Waals surface area contributed by atoms with E-state index >= 15 is 0 Å². The Bertz CT molecular complexity index is 1040. The lowest BCUT2D eigenvalue weighted by atomic mass is 9.81. The van der Waals surface area contributed by atoms with E-state index in [0.717, 1.165) is 25.0 Å². The van der Waals surface area contributed by atoms with Crippen molar-refractivity contribution < 1.29 is 0 Å². The van der Waals surface area contributed by atoms with Gasteiger partial charge in [0.2, 0.25) is 0 Å². The summed E-state index contributed by atoms with van der Waals surface area (Å²) in [5.74, 6) is 0.356. The van der Waals surface area contributed by atoms with Crippen molar-refractivity contribution in [2.24, 2.45) is 0 Å². The Morgan fingerprint density at radius 1 is 0.875 bits per heavy atom. The van der Waals surface area contributed by atoms with Gasteiger partial charge in [-0.1, -0.05) is 48.6 Å². The molecule has 2 aliphatic rings. The van der Waals surface area contributed by atoms with Gasteiger partial charge in [-0.05, 0) is 52.0 Å². The standard InChI is InChI=1S/C22H18N2/c1-2-5-16-15(4-1)8-9-19-17-6-3-7-21(20(17)11-10-18(16)19)22-14-23-12-13-24-22/h1-2,4-6,9-14,21H,3,7-8H2. The van der Waals surface area contributed by atoms with Crippen LogP contribution in [-0.4, -0.2) is 9.97 Å². The third kappa shape index (κ3) is 2.03. The lowest BCUT2D eigenvalue weighted by Crippen LogP contribution is -2.35. The second kappa shape index (κ2) is 5.41. The lowest BCUT2D eigenvalue weighted by molar-refractivity contribution is 0.693. The Kier molecular flexibility index (Phi) is 3.08. The van der Waals surface area contributed by atoms with E-state index in [1.165, 1.54) is 32.7 Å². The largest absolute Gasteiger partial charge is 0.261 e. The van der Waals surface area contributed by atoms with Crippen molar-refractivity contribution in [3.63, 3.8) is 0 Å². The van der Waals surface area contributed by atoms with Crippen LogP contribution in [0.25, 0.3) is 23.3 Å². The van der Waals surface area contributed by atoms with Crippen LogP contribution in [0.3, 0.4) is 0 Å². The number of nitrogens with zero attached hydrogens (tertiary/aromatic N) is 2. The van der Waals surface area contributed by atoms with Gasteiger partial charge in [-0.15, -0.1) is 0 Å². The minimum atomic E-state index is 0.356. The summed E-state index contributed by atoms with van der Waals surface area (Å²) in [4.78, 5) is 8.83. The highest BCUT2D eigenvalue weighted by Gasteiger charge is 2.22. The monoisotopic (exact) mass is 310 g/mol. The van der Waals surface area contributed by atoms with E-state index in [4.69, 9.17) is 0 Å². The Hall–Kier alpha value is -2.74. The number of rotatable bonds is 1. The van der Waals surface area contributed by atoms with E-state index in [0.29, 0.717) is 5.92 Å². The first kappa shape index (κ1) is 13.7. The van der Waals surface area contributed by atoms with Gasteiger partial charge >= 0.3 is 0 Å². The van der Waals surface area contributed by atoms with Crippen LogP contribution in [0.15, 0.2) is 55.0 Å². The first-order valence-corrected chi connectivity index (χ1v) is 8.59. The van der Waals surface area contributed by atoms with Crippen LogP contribution in [0.4, 0.5) is 0 Å². The van der Waals surface area contributed by atoms with E-state index in [2.05, 4.69) is 58.5 Å². The Morgan fingerprint density at radius 2 is 1.83 bits per heavy atom.